The molecule has 1 aromatic carbocycles. The molecule has 0 aliphatic carbocycles. The van der Waals surface area contributed by atoms with Crippen molar-refractivity contribution in [3.8, 4) is 17.2 Å². The van der Waals surface area contributed by atoms with Gasteiger partial charge in [0.25, 0.3) is 8.32 Å². The number of nitrogens with two attached hydrogens (primary N) is 1. The van der Waals surface area contributed by atoms with Gasteiger partial charge in [-0.3, -0.25) is 4.79 Å². The van der Waals surface area contributed by atoms with E-state index in [1.165, 1.54) is 0 Å². The molecule has 0 aromatic heterocycles. The van der Waals surface area contributed by atoms with Crippen LogP contribution in [-0.2, 0) is 4.79 Å². The van der Waals surface area contributed by atoms with Gasteiger partial charge in [0.05, 0.1) is 7.11 Å². The lowest BCUT2D eigenvalue weighted by molar-refractivity contribution is -0.121. The van der Waals surface area contributed by atoms with E-state index in [0.717, 1.165) is 0 Å². The van der Waals surface area contributed by atoms with Crippen molar-refractivity contribution in [1.29, 1.82) is 0 Å². The number of nitrogens with one attached hydrogen (secondary N) is 1. The maximum absolute atomic E-state index is 12.0. The highest BCUT2D eigenvalue weighted by atomic mass is 28.4. The lowest BCUT2D eigenvalue weighted by Gasteiger charge is -2.37. The zero-order valence-corrected chi connectivity index (χ0v) is 17.9. The molecule has 0 bridgehead atoms. The van der Waals surface area contributed by atoms with Crippen LogP contribution >= 0.6 is 0 Å². The molecule has 0 radical (unpaired) electrons. The minimum atomic E-state index is -2.15. The minimum Gasteiger partial charge on any atom is -0.541 e. The van der Waals surface area contributed by atoms with Crippen LogP contribution in [0.4, 0.5) is 0 Å². The van der Waals surface area contributed by atoms with Crippen molar-refractivity contribution in [2.45, 2.75) is 44.9 Å². The Morgan fingerprint density at radius 1 is 1.35 bits per heavy atom. The number of amides is 1. The molecular weight excluding hydrogens is 348 g/mol. The van der Waals surface area contributed by atoms with Crippen molar-refractivity contribution in [3.05, 3.63) is 30.4 Å². The fourth-order valence-electron chi connectivity index (χ4n) is 2.02. The van der Waals surface area contributed by atoms with Gasteiger partial charge in [-0.25, -0.2) is 0 Å². The summed E-state index contributed by atoms with van der Waals surface area (Å²) in [6.45, 7) is 14.7. The van der Waals surface area contributed by atoms with E-state index in [0.29, 0.717) is 29.4 Å². The summed E-state index contributed by atoms with van der Waals surface area (Å²) in [5.41, 5.74) is 6.67. The Bertz CT molecular complexity index is 654. The highest BCUT2D eigenvalue weighted by molar-refractivity contribution is 6.74. The van der Waals surface area contributed by atoms with Gasteiger partial charge in [-0.05, 0) is 35.8 Å². The lowest BCUT2D eigenvalue weighted by atomic mass is 10.1. The molecule has 6 nitrogen and oxygen atoms in total. The zero-order valence-electron chi connectivity index (χ0n) is 16.9. The Morgan fingerprint density at radius 2 is 1.92 bits per heavy atom. The molecule has 0 spiro atoms. The summed E-state index contributed by atoms with van der Waals surface area (Å²) < 4.78 is 17.7. The first-order valence-electron chi connectivity index (χ1n) is 8.60. The summed E-state index contributed by atoms with van der Waals surface area (Å²) >= 11 is 0. The van der Waals surface area contributed by atoms with E-state index >= 15 is 0 Å². The van der Waals surface area contributed by atoms with Gasteiger partial charge in [0.1, 0.15) is 12.6 Å². The highest BCUT2D eigenvalue weighted by Gasteiger charge is 2.40. The first-order valence-corrected chi connectivity index (χ1v) is 11.5. The van der Waals surface area contributed by atoms with Crippen LogP contribution in [0.1, 0.15) is 32.4 Å². The van der Waals surface area contributed by atoms with Crippen LogP contribution in [0.25, 0.3) is 0 Å². The summed E-state index contributed by atoms with van der Waals surface area (Å²) in [7, 11) is 0.945. The van der Waals surface area contributed by atoms with E-state index in [-0.39, 0.29) is 10.9 Å². The number of methoxy groups -OCH3 is 1. The summed E-state index contributed by atoms with van der Waals surface area (Å²) in [6.07, 6.45) is 1.65. The molecular formula is C19H32N2O4Si. The van der Waals surface area contributed by atoms with Crippen LogP contribution in [0.15, 0.2) is 24.8 Å². The topological polar surface area (TPSA) is 82.8 Å². The van der Waals surface area contributed by atoms with E-state index in [4.69, 9.17) is 19.6 Å². The summed E-state index contributed by atoms with van der Waals surface area (Å²) in [5, 5.41) is 2.56. The van der Waals surface area contributed by atoms with Gasteiger partial charge in [0.2, 0.25) is 11.7 Å². The Hall–Kier alpha value is -1.99. The van der Waals surface area contributed by atoms with Crippen LogP contribution in [0.2, 0.25) is 18.1 Å². The predicted molar refractivity (Wildman–Crippen MR) is 108 cm³/mol. The number of carbonyl (C=O) groups is 1. The van der Waals surface area contributed by atoms with Gasteiger partial charge in [0.15, 0.2) is 11.5 Å². The molecule has 146 valence electrons. The van der Waals surface area contributed by atoms with Crippen LogP contribution in [0, 0.1) is 0 Å². The number of hydrogen-bond acceptors (Lipinski definition) is 5. The van der Waals surface area contributed by atoms with E-state index in [1.807, 2.05) is 0 Å². The van der Waals surface area contributed by atoms with Crippen LogP contribution in [0.5, 0.6) is 17.2 Å². The molecule has 1 aromatic rings. The van der Waals surface area contributed by atoms with E-state index in [1.54, 1.807) is 32.4 Å². The number of ether oxygens (including phenoxy) is 2. The molecule has 1 rings (SSSR count). The maximum atomic E-state index is 12.0. The first kappa shape index (κ1) is 22.0. The number of benzene rings is 1. The maximum Gasteiger partial charge on any atom is 0.250 e. The van der Waals surface area contributed by atoms with Gasteiger partial charge in [-0.2, -0.15) is 0 Å². The summed E-state index contributed by atoms with van der Waals surface area (Å²) in [5.74, 6) is 1.21. The molecule has 1 amide bonds. The lowest BCUT2D eigenvalue weighted by Crippen LogP contribution is -2.44. The van der Waals surface area contributed by atoms with Crippen molar-refractivity contribution in [2.24, 2.45) is 5.73 Å². The largest absolute Gasteiger partial charge is 0.541 e. The molecule has 0 saturated heterocycles. The Balaban J connectivity index is 3.50. The third kappa shape index (κ3) is 5.01. The van der Waals surface area contributed by atoms with Gasteiger partial charge in [-0.15, -0.1) is 0 Å². The molecule has 26 heavy (non-hydrogen) atoms. The van der Waals surface area contributed by atoms with Gasteiger partial charge >= 0.3 is 0 Å². The molecule has 0 heterocycles. The van der Waals surface area contributed by atoms with Crippen LogP contribution in [0.3, 0.4) is 0 Å². The smallest absolute Gasteiger partial charge is 0.250 e. The fraction of sp³-hybridized carbons (Fsp3) is 0.526. The second-order valence-corrected chi connectivity index (χ2v) is 12.3. The summed E-state index contributed by atoms with van der Waals surface area (Å²) in [6, 6.07) is 2.64. The van der Waals surface area contributed by atoms with E-state index in [2.05, 4.69) is 45.8 Å². The second kappa shape index (κ2) is 8.59. The number of hydrogen-bond donors (Lipinski definition) is 2. The molecule has 0 aliphatic rings. The normalized spacial score (nSPS) is 12.9. The minimum absolute atomic E-state index is 0.00510. The Labute approximate surface area is 157 Å². The van der Waals surface area contributed by atoms with Gasteiger partial charge in [-0.1, -0.05) is 33.4 Å². The van der Waals surface area contributed by atoms with Crippen molar-refractivity contribution in [1.82, 2.24) is 5.32 Å². The third-order valence-corrected chi connectivity index (χ3v) is 9.01. The standard InChI is InChI=1S/C19H32N2O4Si/c1-9-10-24-17-14(23-6)11-13(16(20)18(22)21-5)12-15(17)25-26(7,8)19(2,3)4/h9,11-12,16H,1,10,20H2,2-8H3,(H,21,22)/t16-/m1/s1. The molecule has 1 atom stereocenters. The second-order valence-electron chi connectivity index (χ2n) is 7.60. The number of carbonyl (C=O) groups excluding carboxylic acids is 1. The van der Waals surface area contributed by atoms with Crippen LogP contribution < -0.4 is 25.0 Å². The molecule has 0 fully saturated rings. The highest BCUT2D eigenvalue weighted by Crippen LogP contribution is 2.44. The molecule has 0 aliphatic heterocycles. The molecule has 0 unspecified atom stereocenters. The van der Waals surface area contributed by atoms with Crippen LogP contribution in [-0.4, -0.2) is 35.0 Å². The molecule has 3 N–H and O–H groups in total. The quantitative estimate of drug-likeness (QED) is 0.533. The monoisotopic (exact) mass is 380 g/mol. The predicted octanol–water partition coefficient (Wildman–Crippen LogP) is 3.39. The average Bonchev–Trinajstić information content (AvgIpc) is 2.57. The van der Waals surface area contributed by atoms with Crippen molar-refractivity contribution >= 4 is 14.2 Å². The Morgan fingerprint density at radius 3 is 2.38 bits per heavy atom. The zero-order chi connectivity index (χ0) is 20.1. The first-order chi connectivity index (χ1) is 12.0. The SMILES string of the molecule is C=CCOc1c(OC)cc([C@@H](N)C(=O)NC)cc1O[Si](C)(C)C(C)(C)C. The summed E-state index contributed by atoms with van der Waals surface area (Å²) in [4.78, 5) is 12.0. The van der Waals surface area contributed by atoms with E-state index in [9.17, 15) is 4.79 Å². The third-order valence-electron chi connectivity index (χ3n) is 4.67. The van der Waals surface area contributed by atoms with Crippen molar-refractivity contribution in [3.63, 3.8) is 0 Å². The number of likely N-dealkylation sites (N-methyl/N-ethyl adjacent to an activating group) is 1. The molecule has 7 heteroatoms. The van der Waals surface area contributed by atoms with Gasteiger partial charge < -0.3 is 25.0 Å². The van der Waals surface area contributed by atoms with Gasteiger partial charge in [0, 0.05) is 7.05 Å². The average molecular weight is 381 g/mol. The van der Waals surface area contributed by atoms with E-state index < -0.39 is 14.4 Å². The number of rotatable bonds is 8. The fourth-order valence-corrected chi connectivity index (χ4v) is 3.03. The molecule has 0 saturated carbocycles. The van der Waals surface area contributed by atoms with Crippen molar-refractivity contribution < 1.29 is 18.7 Å². The Kier molecular flexibility index (Phi) is 7.29. The van der Waals surface area contributed by atoms with Crippen molar-refractivity contribution in [2.75, 3.05) is 20.8 Å².